The molecule has 0 aromatic rings. The van der Waals surface area contributed by atoms with Gasteiger partial charge < -0.3 is 15.3 Å². The van der Waals surface area contributed by atoms with Crippen molar-refractivity contribution in [2.75, 3.05) is 32.7 Å². The summed E-state index contributed by atoms with van der Waals surface area (Å²) < 4.78 is 0. The summed E-state index contributed by atoms with van der Waals surface area (Å²) in [6.07, 6.45) is 5.30. The van der Waals surface area contributed by atoms with Crippen LogP contribution >= 0.6 is 0 Å². The zero-order valence-electron chi connectivity index (χ0n) is 10.8. The molecule has 0 aromatic heterocycles. The van der Waals surface area contributed by atoms with Crippen LogP contribution in [0.5, 0.6) is 0 Å². The lowest BCUT2D eigenvalue weighted by Gasteiger charge is -2.35. The van der Waals surface area contributed by atoms with E-state index < -0.39 is 11.5 Å². The minimum atomic E-state index is -0.846. The van der Waals surface area contributed by atoms with Crippen LogP contribution in [0.2, 0.25) is 0 Å². The van der Waals surface area contributed by atoms with Crippen LogP contribution in [0.4, 0.5) is 4.79 Å². The second-order valence-corrected chi connectivity index (χ2v) is 4.86. The number of amides is 2. The SMILES string of the molecule is C#CC(C)(C)NC(=O)N1CCN(CC(=O)O)CC1. The molecule has 100 valence electrons. The highest BCUT2D eigenvalue weighted by Crippen LogP contribution is 2.05. The van der Waals surface area contributed by atoms with E-state index in [1.807, 2.05) is 0 Å². The van der Waals surface area contributed by atoms with Crippen molar-refractivity contribution < 1.29 is 14.7 Å². The van der Waals surface area contributed by atoms with Crippen LogP contribution in [0.3, 0.4) is 0 Å². The maximum absolute atomic E-state index is 11.9. The molecule has 0 aliphatic carbocycles. The van der Waals surface area contributed by atoms with Crippen molar-refractivity contribution >= 4 is 12.0 Å². The summed E-state index contributed by atoms with van der Waals surface area (Å²) in [5.41, 5.74) is -0.671. The molecule has 18 heavy (non-hydrogen) atoms. The number of urea groups is 1. The average Bonchev–Trinajstić information content (AvgIpc) is 2.28. The Morgan fingerprint density at radius 1 is 1.33 bits per heavy atom. The first-order chi connectivity index (χ1) is 8.34. The molecule has 6 nitrogen and oxygen atoms in total. The van der Waals surface area contributed by atoms with Crippen molar-refractivity contribution in [1.29, 1.82) is 0 Å². The zero-order valence-corrected chi connectivity index (χ0v) is 10.8. The van der Waals surface area contributed by atoms with E-state index in [0.29, 0.717) is 26.2 Å². The van der Waals surface area contributed by atoms with Crippen LogP contribution in [0.1, 0.15) is 13.8 Å². The molecule has 0 aromatic carbocycles. The summed E-state index contributed by atoms with van der Waals surface area (Å²) in [5, 5.41) is 11.4. The van der Waals surface area contributed by atoms with Crippen LogP contribution in [-0.2, 0) is 4.79 Å². The number of hydrogen-bond donors (Lipinski definition) is 2. The molecule has 2 amide bonds. The lowest BCUT2D eigenvalue weighted by atomic mass is 10.1. The maximum Gasteiger partial charge on any atom is 0.318 e. The molecule has 1 aliphatic heterocycles. The van der Waals surface area contributed by atoms with Gasteiger partial charge in [0.2, 0.25) is 0 Å². The highest BCUT2D eigenvalue weighted by Gasteiger charge is 2.25. The molecule has 1 rings (SSSR count). The Morgan fingerprint density at radius 2 is 1.89 bits per heavy atom. The van der Waals surface area contributed by atoms with Crippen molar-refractivity contribution in [3.8, 4) is 12.3 Å². The average molecular weight is 253 g/mol. The molecule has 1 saturated heterocycles. The van der Waals surface area contributed by atoms with Gasteiger partial charge in [-0.3, -0.25) is 9.69 Å². The minimum absolute atomic E-state index is 0.0192. The molecule has 1 fully saturated rings. The highest BCUT2D eigenvalue weighted by atomic mass is 16.4. The van der Waals surface area contributed by atoms with Gasteiger partial charge in [-0.25, -0.2) is 4.79 Å². The third kappa shape index (κ3) is 4.26. The van der Waals surface area contributed by atoms with Crippen molar-refractivity contribution in [1.82, 2.24) is 15.1 Å². The molecular formula is C12H19N3O3. The Morgan fingerprint density at radius 3 is 2.33 bits per heavy atom. The number of carboxylic acid groups (broad SMARTS) is 1. The van der Waals surface area contributed by atoms with Gasteiger partial charge in [-0.1, -0.05) is 5.92 Å². The minimum Gasteiger partial charge on any atom is -0.480 e. The lowest BCUT2D eigenvalue weighted by molar-refractivity contribution is -0.138. The molecular weight excluding hydrogens is 234 g/mol. The number of aliphatic carboxylic acids is 1. The Kier molecular flexibility index (Phi) is 4.56. The predicted molar refractivity (Wildman–Crippen MR) is 67.1 cm³/mol. The zero-order chi connectivity index (χ0) is 13.8. The summed E-state index contributed by atoms with van der Waals surface area (Å²) in [7, 11) is 0. The number of hydrogen-bond acceptors (Lipinski definition) is 3. The van der Waals surface area contributed by atoms with Crippen LogP contribution in [0.25, 0.3) is 0 Å². The van der Waals surface area contributed by atoms with Crippen LogP contribution in [-0.4, -0.2) is 65.2 Å². The van der Waals surface area contributed by atoms with Gasteiger partial charge in [0, 0.05) is 26.2 Å². The molecule has 6 heteroatoms. The number of carbonyl (C=O) groups is 2. The summed E-state index contributed by atoms with van der Waals surface area (Å²) in [4.78, 5) is 25.9. The molecule has 0 spiro atoms. The first-order valence-corrected chi connectivity index (χ1v) is 5.83. The van der Waals surface area contributed by atoms with Gasteiger partial charge in [-0.15, -0.1) is 6.42 Å². The van der Waals surface area contributed by atoms with Crippen LogP contribution in [0.15, 0.2) is 0 Å². The van der Waals surface area contributed by atoms with Crippen LogP contribution < -0.4 is 5.32 Å². The van der Waals surface area contributed by atoms with Gasteiger partial charge in [0.15, 0.2) is 0 Å². The van der Waals surface area contributed by atoms with E-state index in [1.165, 1.54) is 0 Å². The quantitative estimate of drug-likeness (QED) is 0.684. The molecule has 2 N–H and O–H groups in total. The van der Waals surface area contributed by atoms with Crippen molar-refractivity contribution in [3.05, 3.63) is 0 Å². The number of nitrogens with one attached hydrogen (secondary N) is 1. The number of terminal acetylenes is 1. The van der Waals surface area contributed by atoms with Crippen molar-refractivity contribution in [2.24, 2.45) is 0 Å². The van der Waals surface area contributed by atoms with Gasteiger partial charge in [-0.2, -0.15) is 0 Å². The standard InChI is InChI=1S/C12H19N3O3/c1-4-12(2,3)13-11(18)15-7-5-14(6-8-15)9-10(16)17/h1H,5-9H2,2-3H3,(H,13,18)(H,16,17). The summed E-state index contributed by atoms with van der Waals surface area (Å²) in [6, 6.07) is -0.201. The first-order valence-electron chi connectivity index (χ1n) is 5.83. The van der Waals surface area contributed by atoms with Gasteiger partial charge >= 0.3 is 12.0 Å². The van der Waals surface area contributed by atoms with Gasteiger partial charge in [0.1, 0.15) is 0 Å². The largest absolute Gasteiger partial charge is 0.480 e. The second kappa shape index (κ2) is 5.74. The number of carboxylic acids is 1. The fourth-order valence-electron chi connectivity index (χ4n) is 1.68. The molecule has 0 unspecified atom stereocenters. The third-order valence-electron chi connectivity index (χ3n) is 2.80. The first kappa shape index (κ1) is 14.3. The number of rotatable bonds is 3. The smallest absolute Gasteiger partial charge is 0.318 e. The Balaban J connectivity index is 2.41. The summed E-state index contributed by atoms with van der Waals surface area (Å²) >= 11 is 0. The molecule has 0 radical (unpaired) electrons. The predicted octanol–water partition coefficient (Wildman–Crippen LogP) is -0.190. The molecule has 1 heterocycles. The Bertz CT molecular complexity index is 365. The van der Waals surface area contributed by atoms with Gasteiger partial charge in [-0.05, 0) is 13.8 Å². The third-order valence-corrected chi connectivity index (χ3v) is 2.80. The van der Waals surface area contributed by atoms with Crippen molar-refractivity contribution in [2.45, 2.75) is 19.4 Å². The molecule has 0 bridgehead atoms. The summed E-state index contributed by atoms with van der Waals surface area (Å²) in [6.45, 7) is 5.69. The van der Waals surface area contributed by atoms with E-state index >= 15 is 0 Å². The topological polar surface area (TPSA) is 72.9 Å². The lowest BCUT2D eigenvalue weighted by Crippen LogP contribution is -2.55. The van der Waals surface area contributed by atoms with Crippen molar-refractivity contribution in [3.63, 3.8) is 0 Å². The molecule has 0 saturated carbocycles. The maximum atomic E-state index is 11.9. The monoisotopic (exact) mass is 253 g/mol. The number of nitrogens with zero attached hydrogens (tertiary/aromatic N) is 2. The van der Waals surface area contributed by atoms with E-state index in [4.69, 9.17) is 11.5 Å². The van der Waals surface area contributed by atoms with E-state index in [9.17, 15) is 9.59 Å². The Hall–Kier alpha value is -1.74. The highest BCUT2D eigenvalue weighted by molar-refractivity contribution is 5.75. The van der Waals surface area contributed by atoms with Crippen LogP contribution in [0, 0.1) is 12.3 Å². The normalized spacial score (nSPS) is 17.1. The fraction of sp³-hybridized carbons (Fsp3) is 0.667. The fourth-order valence-corrected chi connectivity index (χ4v) is 1.68. The van der Waals surface area contributed by atoms with Gasteiger partial charge in [0.05, 0.1) is 12.1 Å². The Labute approximate surface area is 107 Å². The van der Waals surface area contributed by atoms with E-state index in [2.05, 4.69) is 11.2 Å². The second-order valence-electron chi connectivity index (χ2n) is 4.86. The van der Waals surface area contributed by atoms with E-state index in [-0.39, 0.29) is 12.6 Å². The molecule has 0 atom stereocenters. The van der Waals surface area contributed by atoms with E-state index in [1.54, 1.807) is 23.6 Å². The van der Waals surface area contributed by atoms with Gasteiger partial charge in [0.25, 0.3) is 0 Å². The number of piperazine rings is 1. The molecule has 1 aliphatic rings. The number of carbonyl (C=O) groups excluding carboxylic acids is 1. The summed E-state index contributed by atoms with van der Waals surface area (Å²) in [5.74, 6) is 1.65. The van der Waals surface area contributed by atoms with E-state index in [0.717, 1.165) is 0 Å².